The molecule has 222 valence electrons. The number of hydrogen-bond donors (Lipinski definition) is 1. The Morgan fingerprint density at radius 3 is 1.79 bits per heavy atom. The predicted octanol–water partition coefficient (Wildman–Crippen LogP) is 8.67. The zero-order chi connectivity index (χ0) is 28.0. The van der Waals surface area contributed by atoms with Gasteiger partial charge in [-0.1, -0.05) is 121 Å². The topological polar surface area (TPSA) is 65.0 Å². The summed E-state index contributed by atoms with van der Waals surface area (Å²) in [5, 5.41) is 0. The molecule has 0 aliphatic carbocycles. The molecule has 0 heterocycles. The first kappa shape index (κ1) is 35.3. The molecule has 0 aromatic heterocycles. The van der Waals surface area contributed by atoms with Gasteiger partial charge in [0, 0.05) is 0 Å². The van der Waals surface area contributed by atoms with Crippen molar-refractivity contribution in [2.75, 3.05) is 40.9 Å². The van der Waals surface area contributed by atoms with E-state index in [1.54, 1.807) is 0 Å². The van der Waals surface area contributed by atoms with Gasteiger partial charge in [-0.25, -0.2) is 4.57 Å². The van der Waals surface area contributed by atoms with Gasteiger partial charge in [0.25, 0.3) is 0 Å². The molecule has 0 amide bonds. The number of quaternary nitrogens is 1. The first-order valence-electron chi connectivity index (χ1n) is 15.3. The summed E-state index contributed by atoms with van der Waals surface area (Å²) < 4.78 is 29.4. The molecule has 38 heavy (non-hydrogen) atoms. The molecule has 1 rings (SSSR count). The molecule has 1 N–H and O–H groups in total. The van der Waals surface area contributed by atoms with E-state index in [-0.39, 0.29) is 19.3 Å². The highest BCUT2D eigenvalue weighted by Gasteiger charge is 2.22. The number of unbranched alkanes of at least 4 members (excludes halogenated alkanes) is 12. The molecule has 2 unspecified atom stereocenters. The standard InChI is InChI=1S/C31H58NO5P/c1-5-6-7-8-9-10-11-12-13-14-15-16-20-24-31(35-29-30-22-18-17-19-23-30)25-21-27-36-38(33,34)37-28-26-32(2,3)4/h17-19,22-23,31H,5-16,20-21,24-29H2,1-4H3/p+1. The van der Waals surface area contributed by atoms with Crippen molar-refractivity contribution in [2.45, 2.75) is 122 Å². The van der Waals surface area contributed by atoms with E-state index in [0.717, 1.165) is 19.3 Å². The third-order valence-corrected chi connectivity index (χ3v) is 7.92. The normalized spacial score (nSPS) is 14.4. The molecule has 7 heteroatoms. The average molecular weight is 557 g/mol. The summed E-state index contributed by atoms with van der Waals surface area (Å²) in [5.41, 5.74) is 1.17. The van der Waals surface area contributed by atoms with Crippen molar-refractivity contribution in [2.24, 2.45) is 0 Å². The van der Waals surface area contributed by atoms with Crippen molar-refractivity contribution in [3.63, 3.8) is 0 Å². The Kier molecular flexibility index (Phi) is 20.4. The second-order valence-corrected chi connectivity index (χ2v) is 13.2. The highest BCUT2D eigenvalue weighted by Crippen LogP contribution is 2.43. The lowest BCUT2D eigenvalue weighted by Crippen LogP contribution is -2.37. The van der Waals surface area contributed by atoms with Crippen molar-refractivity contribution in [3.05, 3.63) is 35.9 Å². The number of phosphoric acid groups is 1. The molecule has 0 aliphatic heterocycles. The Bertz CT molecular complexity index is 710. The molecule has 0 saturated carbocycles. The van der Waals surface area contributed by atoms with Crippen LogP contribution in [0.25, 0.3) is 0 Å². The molecular weight excluding hydrogens is 497 g/mol. The molecule has 0 fully saturated rings. The maximum Gasteiger partial charge on any atom is 0.472 e. The number of ether oxygens (including phenoxy) is 1. The molecular formula is C31H59NO5P+. The maximum atomic E-state index is 12.1. The molecule has 0 aliphatic rings. The van der Waals surface area contributed by atoms with Crippen molar-refractivity contribution < 1.29 is 27.7 Å². The quantitative estimate of drug-likeness (QED) is 0.0702. The summed E-state index contributed by atoms with van der Waals surface area (Å²) in [5.74, 6) is 0. The number of likely N-dealkylation sites (N-methyl/N-ethyl adjacent to an activating group) is 1. The lowest BCUT2D eigenvalue weighted by Gasteiger charge is -2.24. The smallest absolute Gasteiger partial charge is 0.374 e. The summed E-state index contributed by atoms with van der Waals surface area (Å²) in [6.07, 6.45) is 20.1. The van der Waals surface area contributed by atoms with Crippen LogP contribution in [0.4, 0.5) is 0 Å². The summed E-state index contributed by atoms with van der Waals surface area (Å²) in [4.78, 5) is 9.94. The minimum absolute atomic E-state index is 0.128. The molecule has 1 aromatic rings. The van der Waals surface area contributed by atoms with Crippen LogP contribution in [0.2, 0.25) is 0 Å². The van der Waals surface area contributed by atoms with Crippen LogP contribution in [0, 0.1) is 0 Å². The lowest BCUT2D eigenvalue weighted by atomic mass is 10.0. The van der Waals surface area contributed by atoms with E-state index < -0.39 is 7.82 Å². The Morgan fingerprint density at radius 1 is 0.737 bits per heavy atom. The van der Waals surface area contributed by atoms with Crippen LogP contribution >= 0.6 is 7.82 Å². The van der Waals surface area contributed by atoms with Crippen LogP contribution in [0.5, 0.6) is 0 Å². The van der Waals surface area contributed by atoms with Crippen LogP contribution in [0.15, 0.2) is 30.3 Å². The number of benzene rings is 1. The third kappa shape index (κ3) is 22.1. The number of hydrogen-bond acceptors (Lipinski definition) is 4. The van der Waals surface area contributed by atoms with Crippen molar-refractivity contribution in [1.82, 2.24) is 0 Å². The highest BCUT2D eigenvalue weighted by atomic mass is 31.2. The Labute approximate surface area is 234 Å². The molecule has 0 saturated heterocycles. The molecule has 0 radical (unpaired) electrons. The highest BCUT2D eigenvalue weighted by molar-refractivity contribution is 7.47. The zero-order valence-electron chi connectivity index (χ0n) is 25.1. The summed E-state index contributed by atoms with van der Waals surface area (Å²) >= 11 is 0. The molecule has 0 spiro atoms. The van der Waals surface area contributed by atoms with E-state index in [2.05, 4.69) is 19.1 Å². The number of phosphoric ester groups is 1. The first-order chi connectivity index (χ1) is 18.2. The summed E-state index contributed by atoms with van der Waals surface area (Å²) in [6.45, 7) is 3.90. The van der Waals surface area contributed by atoms with Gasteiger partial charge in [0.15, 0.2) is 0 Å². The van der Waals surface area contributed by atoms with Gasteiger partial charge < -0.3 is 14.1 Å². The predicted molar refractivity (Wildman–Crippen MR) is 159 cm³/mol. The number of rotatable bonds is 26. The first-order valence-corrected chi connectivity index (χ1v) is 16.8. The maximum absolute atomic E-state index is 12.1. The number of nitrogens with zero attached hydrogens (tertiary/aromatic N) is 1. The van der Waals surface area contributed by atoms with Crippen molar-refractivity contribution in [1.29, 1.82) is 0 Å². The molecule has 1 aromatic carbocycles. The zero-order valence-corrected chi connectivity index (χ0v) is 26.0. The van der Waals surface area contributed by atoms with Crippen LogP contribution in [0.1, 0.15) is 115 Å². The van der Waals surface area contributed by atoms with E-state index in [0.29, 0.717) is 24.1 Å². The van der Waals surface area contributed by atoms with Gasteiger partial charge in [0.2, 0.25) is 0 Å². The lowest BCUT2D eigenvalue weighted by molar-refractivity contribution is -0.870. The van der Waals surface area contributed by atoms with Gasteiger partial charge in [-0.2, -0.15) is 0 Å². The molecule has 0 bridgehead atoms. The van der Waals surface area contributed by atoms with E-state index in [9.17, 15) is 9.46 Å². The third-order valence-electron chi connectivity index (χ3n) is 6.90. The second kappa shape index (κ2) is 22.0. The summed E-state index contributed by atoms with van der Waals surface area (Å²) in [7, 11) is 2.04. The van der Waals surface area contributed by atoms with Crippen molar-refractivity contribution in [3.8, 4) is 0 Å². The van der Waals surface area contributed by atoms with Crippen LogP contribution in [0.3, 0.4) is 0 Å². The fraction of sp³-hybridized carbons (Fsp3) is 0.806. The molecule has 6 nitrogen and oxygen atoms in total. The van der Waals surface area contributed by atoms with Crippen LogP contribution in [-0.2, 0) is 25.0 Å². The largest absolute Gasteiger partial charge is 0.472 e. The van der Waals surface area contributed by atoms with E-state index >= 15 is 0 Å². The average Bonchev–Trinajstić information content (AvgIpc) is 2.87. The van der Waals surface area contributed by atoms with Crippen LogP contribution < -0.4 is 0 Å². The van der Waals surface area contributed by atoms with Gasteiger partial charge in [-0.15, -0.1) is 0 Å². The Balaban J connectivity index is 2.23. The fourth-order valence-corrected chi connectivity index (χ4v) is 5.19. The van der Waals surface area contributed by atoms with Gasteiger partial charge in [0.05, 0.1) is 40.5 Å². The van der Waals surface area contributed by atoms with E-state index in [4.69, 9.17) is 13.8 Å². The van der Waals surface area contributed by atoms with Crippen LogP contribution in [-0.4, -0.2) is 56.4 Å². The second-order valence-electron chi connectivity index (χ2n) is 11.7. The minimum atomic E-state index is -4.00. The van der Waals surface area contributed by atoms with Gasteiger partial charge in [0.1, 0.15) is 13.2 Å². The summed E-state index contributed by atoms with van der Waals surface area (Å²) in [6, 6.07) is 10.3. The van der Waals surface area contributed by atoms with Crippen molar-refractivity contribution >= 4 is 7.82 Å². The Morgan fingerprint density at radius 2 is 1.24 bits per heavy atom. The monoisotopic (exact) mass is 556 g/mol. The fourth-order valence-electron chi connectivity index (χ4n) is 4.45. The molecule has 2 atom stereocenters. The van der Waals surface area contributed by atoms with E-state index in [1.807, 2.05) is 39.3 Å². The van der Waals surface area contributed by atoms with Gasteiger partial charge in [-0.05, 0) is 24.8 Å². The van der Waals surface area contributed by atoms with Gasteiger partial charge in [-0.3, -0.25) is 9.05 Å². The van der Waals surface area contributed by atoms with Gasteiger partial charge >= 0.3 is 7.82 Å². The Hall–Kier alpha value is -0.750. The SMILES string of the molecule is CCCCCCCCCCCCCCCC(CCCOP(=O)(O)OCC[N+](C)(C)C)OCc1ccccc1. The van der Waals surface area contributed by atoms with E-state index in [1.165, 1.54) is 82.6 Å². The minimum Gasteiger partial charge on any atom is -0.374 e.